The molecule has 0 amide bonds. The molecule has 0 saturated carbocycles. The maximum atomic E-state index is 12.9. The Hall–Kier alpha value is -2.98. The van der Waals surface area contributed by atoms with E-state index in [1.165, 1.54) is 0 Å². The highest BCUT2D eigenvalue weighted by molar-refractivity contribution is 7.92. The molecule has 126 valence electrons. The van der Waals surface area contributed by atoms with Gasteiger partial charge >= 0.3 is 0 Å². The third-order valence-corrected chi connectivity index (χ3v) is 5.50. The van der Waals surface area contributed by atoms with Crippen molar-refractivity contribution in [3.05, 3.63) is 58.9 Å². The molecule has 0 radical (unpaired) electrons. The molecule has 0 bridgehead atoms. The number of nitrogens with one attached hydrogen (secondary N) is 1. The van der Waals surface area contributed by atoms with Gasteiger partial charge in [-0.2, -0.15) is 13.7 Å². The maximum Gasteiger partial charge on any atom is 0.280 e. The molecule has 1 aromatic carbocycles. The molecule has 0 aliphatic heterocycles. The quantitative estimate of drug-likeness (QED) is 0.781. The molecular formula is C18H16N4O2S. The lowest BCUT2D eigenvalue weighted by atomic mass is 10.1. The van der Waals surface area contributed by atoms with Gasteiger partial charge in [0.1, 0.15) is 6.07 Å². The molecule has 0 unspecified atom stereocenters. The largest absolute Gasteiger partial charge is 0.280 e. The van der Waals surface area contributed by atoms with E-state index in [9.17, 15) is 13.7 Å². The van der Waals surface area contributed by atoms with Crippen molar-refractivity contribution in [2.24, 2.45) is 0 Å². The predicted octanol–water partition coefficient (Wildman–Crippen LogP) is 3.23. The molecule has 0 fully saturated rings. The van der Waals surface area contributed by atoms with Gasteiger partial charge in [-0.1, -0.05) is 18.2 Å². The molecule has 0 saturated heterocycles. The molecule has 3 aromatic rings. The lowest BCUT2D eigenvalue weighted by molar-refractivity contribution is 0.596. The van der Waals surface area contributed by atoms with Gasteiger partial charge in [-0.05, 0) is 44.0 Å². The van der Waals surface area contributed by atoms with Crippen molar-refractivity contribution in [3.8, 4) is 6.07 Å². The summed E-state index contributed by atoms with van der Waals surface area (Å²) in [6.07, 6.45) is 1.60. The lowest BCUT2D eigenvalue weighted by Gasteiger charge is -2.14. The molecule has 25 heavy (non-hydrogen) atoms. The van der Waals surface area contributed by atoms with Gasteiger partial charge in [0.05, 0.1) is 16.8 Å². The topological polar surface area (TPSA) is 95.7 Å². The monoisotopic (exact) mass is 352 g/mol. The first-order valence-corrected chi connectivity index (χ1v) is 9.08. The van der Waals surface area contributed by atoms with Gasteiger partial charge in [-0.15, -0.1) is 0 Å². The van der Waals surface area contributed by atoms with Gasteiger partial charge in [0.2, 0.25) is 0 Å². The lowest BCUT2D eigenvalue weighted by Crippen LogP contribution is -2.18. The Morgan fingerprint density at radius 3 is 2.52 bits per heavy atom. The smallest absolute Gasteiger partial charge is 0.276 e. The molecule has 0 atom stereocenters. The van der Waals surface area contributed by atoms with E-state index < -0.39 is 10.0 Å². The van der Waals surface area contributed by atoms with E-state index in [4.69, 9.17) is 0 Å². The van der Waals surface area contributed by atoms with Gasteiger partial charge in [0.15, 0.2) is 5.03 Å². The van der Waals surface area contributed by atoms with Gasteiger partial charge in [0, 0.05) is 17.3 Å². The molecule has 0 spiro atoms. The highest BCUT2D eigenvalue weighted by Crippen LogP contribution is 2.26. The minimum atomic E-state index is -4.03. The van der Waals surface area contributed by atoms with E-state index in [-0.39, 0.29) is 10.6 Å². The minimum absolute atomic E-state index is 0.0591. The van der Waals surface area contributed by atoms with Crippen molar-refractivity contribution < 1.29 is 8.42 Å². The number of hydrogen-bond acceptors (Lipinski definition) is 5. The molecule has 2 aromatic heterocycles. The SMILES string of the molecule is Cc1nc(S(=O)(=O)Nc2cccc3cccnc23)c(C#N)c(C)c1C. The summed E-state index contributed by atoms with van der Waals surface area (Å²) in [5.41, 5.74) is 2.94. The van der Waals surface area contributed by atoms with Gasteiger partial charge in [-0.25, -0.2) is 4.98 Å². The number of pyridine rings is 2. The Morgan fingerprint density at radius 1 is 1.08 bits per heavy atom. The van der Waals surface area contributed by atoms with Crippen molar-refractivity contribution in [2.45, 2.75) is 25.8 Å². The van der Waals surface area contributed by atoms with E-state index in [1.54, 1.807) is 38.2 Å². The summed E-state index contributed by atoms with van der Waals surface area (Å²) in [5.74, 6) is 0. The Bertz CT molecular complexity index is 1130. The number of fused-ring (bicyclic) bond motifs is 1. The third-order valence-electron chi connectivity index (χ3n) is 4.21. The van der Waals surface area contributed by atoms with Crippen molar-refractivity contribution >= 4 is 26.6 Å². The summed E-state index contributed by atoms with van der Waals surface area (Å²) in [6, 6.07) is 10.8. The number of aromatic nitrogens is 2. The average molecular weight is 352 g/mol. The summed E-state index contributed by atoms with van der Waals surface area (Å²) in [6.45, 7) is 5.26. The number of sulfonamides is 1. The fourth-order valence-electron chi connectivity index (χ4n) is 2.62. The summed E-state index contributed by atoms with van der Waals surface area (Å²) in [7, 11) is -4.03. The van der Waals surface area contributed by atoms with E-state index in [2.05, 4.69) is 14.7 Å². The third kappa shape index (κ3) is 2.92. The molecule has 0 aliphatic rings. The number of nitriles is 1. The van der Waals surface area contributed by atoms with E-state index in [0.29, 0.717) is 22.5 Å². The summed E-state index contributed by atoms with van der Waals surface area (Å²) < 4.78 is 28.3. The van der Waals surface area contributed by atoms with Crippen molar-refractivity contribution in [3.63, 3.8) is 0 Å². The van der Waals surface area contributed by atoms with E-state index in [1.807, 2.05) is 25.1 Å². The number of aryl methyl sites for hydroxylation is 1. The fraction of sp³-hybridized carbons (Fsp3) is 0.167. The first kappa shape index (κ1) is 16.9. The van der Waals surface area contributed by atoms with Crippen LogP contribution in [-0.4, -0.2) is 18.4 Å². The Labute approximate surface area is 146 Å². The number of hydrogen-bond donors (Lipinski definition) is 1. The number of benzene rings is 1. The van der Waals surface area contributed by atoms with Crippen LogP contribution in [0.25, 0.3) is 10.9 Å². The van der Waals surface area contributed by atoms with E-state index in [0.717, 1.165) is 10.9 Å². The second-order valence-corrected chi connectivity index (χ2v) is 7.32. The van der Waals surface area contributed by atoms with Crippen LogP contribution in [0.15, 0.2) is 41.6 Å². The standard InChI is InChI=1S/C18H16N4O2S/c1-11-12(2)15(10-19)18(21-13(11)3)25(23,24)22-16-8-4-6-14-7-5-9-20-17(14)16/h4-9,22H,1-3H3. The van der Waals surface area contributed by atoms with Gasteiger partial charge in [-0.3, -0.25) is 9.71 Å². The molecule has 6 nitrogen and oxygen atoms in total. The van der Waals surface area contributed by atoms with Crippen LogP contribution in [0.3, 0.4) is 0 Å². The molecule has 2 heterocycles. The molecule has 1 N–H and O–H groups in total. The summed E-state index contributed by atoms with van der Waals surface area (Å²) in [4.78, 5) is 8.40. The van der Waals surface area contributed by atoms with Crippen LogP contribution in [0.4, 0.5) is 5.69 Å². The van der Waals surface area contributed by atoms with E-state index >= 15 is 0 Å². The van der Waals surface area contributed by atoms with Crippen molar-refractivity contribution in [2.75, 3.05) is 4.72 Å². The molecular weight excluding hydrogens is 336 g/mol. The average Bonchev–Trinajstić information content (AvgIpc) is 2.59. The van der Waals surface area contributed by atoms with Crippen LogP contribution in [0.2, 0.25) is 0 Å². The minimum Gasteiger partial charge on any atom is -0.276 e. The summed E-state index contributed by atoms with van der Waals surface area (Å²) >= 11 is 0. The first-order valence-electron chi connectivity index (χ1n) is 7.59. The van der Waals surface area contributed by atoms with Gasteiger partial charge in [0.25, 0.3) is 10.0 Å². The molecule has 3 rings (SSSR count). The Balaban J connectivity index is 2.17. The normalized spacial score (nSPS) is 11.3. The second kappa shape index (κ2) is 6.15. The van der Waals surface area contributed by atoms with Crippen LogP contribution in [0.5, 0.6) is 0 Å². The predicted molar refractivity (Wildman–Crippen MR) is 95.7 cm³/mol. The zero-order chi connectivity index (χ0) is 18.2. The van der Waals surface area contributed by atoms with Crippen LogP contribution < -0.4 is 4.72 Å². The molecule has 0 aliphatic carbocycles. The molecule has 7 heteroatoms. The number of nitrogens with zero attached hydrogens (tertiary/aromatic N) is 3. The summed E-state index contributed by atoms with van der Waals surface area (Å²) in [5, 5.41) is 9.97. The second-order valence-electron chi connectivity index (χ2n) is 5.73. The fourth-order valence-corrected chi connectivity index (χ4v) is 3.89. The van der Waals surface area contributed by atoms with Crippen LogP contribution in [0.1, 0.15) is 22.4 Å². The Morgan fingerprint density at radius 2 is 1.80 bits per heavy atom. The number of anilines is 1. The van der Waals surface area contributed by atoms with Crippen LogP contribution in [0, 0.1) is 32.1 Å². The van der Waals surface area contributed by atoms with Crippen molar-refractivity contribution in [1.29, 1.82) is 5.26 Å². The maximum absolute atomic E-state index is 12.9. The van der Waals surface area contributed by atoms with Gasteiger partial charge < -0.3 is 0 Å². The highest BCUT2D eigenvalue weighted by Gasteiger charge is 2.25. The van der Waals surface area contributed by atoms with Crippen molar-refractivity contribution in [1.82, 2.24) is 9.97 Å². The zero-order valence-corrected chi connectivity index (χ0v) is 14.8. The number of para-hydroxylation sites is 1. The first-order chi connectivity index (χ1) is 11.8. The Kier molecular flexibility index (Phi) is 4.15. The number of rotatable bonds is 3. The highest BCUT2D eigenvalue weighted by atomic mass is 32.2. The van der Waals surface area contributed by atoms with Crippen LogP contribution >= 0.6 is 0 Å². The zero-order valence-electron chi connectivity index (χ0n) is 14.0. The van der Waals surface area contributed by atoms with Crippen LogP contribution in [-0.2, 0) is 10.0 Å².